The molecule has 1 unspecified atom stereocenters. The number of benzene rings is 2. The zero-order chi connectivity index (χ0) is 24.6. The van der Waals surface area contributed by atoms with Gasteiger partial charge >= 0.3 is 0 Å². The first-order valence-electron chi connectivity index (χ1n) is 12.0. The third-order valence-corrected chi connectivity index (χ3v) is 7.92. The summed E-state index contributed by atoms with van der Waals surface area (Å²) in [5.41, 5.74) is 2.15. The van der Waals surface area contributed by atoms with Gasteiger partial charge in [0.25, 0.3) is 5.56 Å². The third kappa shape index (κ3) is 4.31. The Hall–Kier alpha value is -3.50. The lowest BCUT2D eigenvalue weighted by Crippen LogP contribution is -2.48. The monoisotopic (exact) mass is 504 g/mol. The molecule has 8 nitrogen and oxygen atoms in total. The second kappa shape index (κ2) is 9.51. The minimum Gasteiger partial charge on any atom is -0.340 e. The molecular weight excluding hydrogens is 479 g/mol. The van der Waals surface area contributed by atoms with Gasteiger partial charge in [0.15, 0.2) is 10.8 Å². The van der Waals surface area contributed by atoms with Gasteiger partial charge in [-0.05, 0) is 29.8 Å². The lowest BCUT2D eigenvalue weighted by Gasteiger charge is -2.35. The molecule has 1 amide bonds. The molecule has 184 valence electrons. The Labute approximate surface area is 211 Å². The molecule has 1 atom stereocenters. The van der Waals surface area contributed by atoms with Crippen LogP contribution in [0.5, 0.6) is 0 Å². The predicted octanol–water partition coefficient (Wildman–Crippen LogP) is 3.10. The molecule has 0 aliphatic carbocycles. The van der Waals surface area contributed by atoms with E-state index in [2.05, 4.69) is 22.1 Å². The number of halogens is 1. The number of hydrogen-bond donors (Lipinski definition) is 0. The largest absolute Gasteiger partial charge is 0.340 e. The van der Waals surface area contributed by atoms with Gasteiger partial charge in [-0.3, -0.25) is 19.1 Å². The van der Waals surface area contributed by atoms with Crippen molar-refractivity contribution in [2.24, 2.45) is 0 Å². The maximum Gasteiger partial charge on any atom is 0.265 e. The van der Waals surface area contributed by atoms with Crippen LogP contribution in [-0.4, -0.2) is 67.0 Å². The van der Waals surface area contributed by atoms with Crippen molar-refractivity contribution in [3.05, 3.63) is 82.5 Å². The molecule has 36 heavy (non-hydrogen) atoms. The SMILES string of the molecule is O=C(CC1CSc2nc3c(cnn3-c3ccc(F)cc3)c(=O)n21)N1CCN(Cc2ccccc2)CC1. The fraction of sp³-hybridized carbons (Fsp3) is 0.308. The van der Waals surface area contributed by atoms with E-state index in [1.54, 1.807) is 21.4 Å². The van der Waals surface area contributed by atoms with Gasteiger partial charge in [0.05, 0.1) is 17.9 Å². The number of aromatic nitrogens is 4. The Bertz CT molecular complexity index is 1460. The van der Waals surface area contributed by atoms with Crippen molar-refractivity contribution in [2.75, 3.05) is 31.9 Å². The van der Waals surface area contributed by atoms with Gasteiger partial charge in [-0.1, -0.05) is 42.1 Å². The summed E-state index contributed by atoms with van der Waals surface area (Å²) in [5, 5.41) is 5.29. The molecule has 0 spiro atoms. The summed E-state index contributed by atoms with van der Waals surface area (Å²) < 4.78 is 16.5. The highest BCUT2D eigenvalue weighted by molar-refractivity contribution is 7.99. The van der Waals surface area contributed by atoms with E-state index < -0.39 is 0 Å². The maximum atomic E-state index is 13.4. The molecule has 2 aromatic heterocycles. The summed E-state index contributed by atoms with van der Waals surface area (Å²) in [4.78, 5) is 35.5. The molecule has 0 N–H and O–H groups in total. The van der Waals surface area contributed by atoms with Crippen LogP contribution in [0.2, 0.25) is 0 Å². The van der Waals surface area contributed by atoms with Crippen LogP contribution in [0.25, 0.3) is 16.7 Å². The van der Waals surface area contributed by atoms with Gasteiger partial charge in [-0.15, -0.1) is 0 Å². The second-order valence-electron chi connectivity index (χ2n) is 9.15. The van der Waals surface area contributed by atoms with E-state index in [-0.39, 0.29) is 29.7 Å². The molecule has 10 heteroatoms. The number of nitrogens with zero attached hydrogens (tertiary/aromatic N) is 6. The van der Waals surface area contributed by atoms with Gasteiger partial charge in [0.1, 0.15) is 11.2 Å². The number of thioether (sulfide) groups is 1. The van der Waals surface area contributed by atoms with E-state index in [9.17, 15) is 14.0 Å². The highest BCUT2D eigenvalue weighted by Gasteiger charge is 2.31. The topological polar surface area (TPSA) is 76.3 Å². The number of piperazine rings is 1. The standard InChI is InChI=1S/C26H25FN6O2S/c27-19-6-8-20(9-7-19)33-24-22(15-28-33)25(35)32-21(17-36-26(32)29-24)14-23(34)31-12-10-30(11-13-31)16-18-4-2-1-3-5-18/h1-9,15,21H,10-14,16-17H2. The number of carbonyl (C=O) groups is 1. The summed E-state index contributed by atoms with van der Waals surface area (Å²) in [6.45, 7) is 3.94. The van der Waals surface area contributed by atoms with Crippen molar-refractivity contribution in [2.45, 2.75) is 24.2 Å². The summed E-state index contributed by atoms with van der Waals surface area (Å²) in [6.07, 6.45) is 1.77. The van der Waals surface area contributed by atoms with Crippen molar-refractivity contribution in [1.82, 2.24) is 29.1 Å². The summed E-state index contributed by atoms with van der Waals surface area (Å²) >= 11 is 1.48. The minimum atomic E-state index is -0.343. The van der Waals surface area contributed by atoms with Crippen molar-refractivity contribution in [3.8, 4) is 5.69 Å². The van der Waals surface area contributed by atoms with E-state index in [1.165, 1.54) is 35.7 Å². The van der Waals surface area contributed by atoms with Crippen molar-refractivity contribution in [3.63, 3.8) is 0 Å². The molecule has 4 heterocycles. The van der Waals surface area contributed by atoms with E-state index in [0.29, 0.717) is 40.7 Å². The fourth-order valence-electron chi connectivity index (χ4n) is 4.88. The maximum absolute atomic E-state index is 13.4. The zero-order valence-electron chi connectivity index (χ0n) is 19.6. The van der Waals surface area contributed by atoms with Crippen LogP contribution in [0.4, 0.5) is 4.39 Å². The van der Waals surface area contributed by atoms with Crippen molar-refractivity contribution >= 4 is 28.7 Å². The Balaban J connectivity index is 1.15. The van der Waals surface area contributed by atoms with Crippen LogP contribution in [0.15, 0.2) is 70.7 Å². The Morgan fingerprint density at radius 3 is 2.53 bits per heavy atom. The van der Waals surface area contributed by atoms with Gasteiger partial charge in [0.2, 0.25) is 5.91 Å². The molecule has 1 saturated heterocycles. The Kier molecular flexibility index (Phi) is 6.06. The Morgan fingerprint density at radius 2 is 1.78 bits per heavy atom. The first-order valence-corrected chi connectivity index (χ1v) is 13.0. The van der Waals surface area contributed by atoms with Gasteiger partial charge in [0, 0.05) is 44.9 Å². The molecule has 6 rings (SSSR count). The van der Waals surface area contributed by atoms with E-state index >= 15 is 0 Å². The molecule has 2 aliphatic rings. The Morgan fingerprint density at radius 1 is 1.03 bits per heavy atom. The molecule has 1 fully saturated rings. The number of rotatable bonds is 5. The fourth-order valence-corrected chi connectivity index (χ4v) is 6.01. The average Bonchev–Trinajstić information content (AvgIpc) is 3.51. The number of amides is 1. The normalized spacial score (nSPS) is 18.0. The van der Waals surface area contributed by atoms with E-state index in [0.717, 1.165) is 19.6 Å². The van der Waals surface area contributed by atoms with Crippen LogP contribution < -0.4 is 5.56 Å². The van der Waals surface area contributed by atoms with Crippen molar-refractivity contribution < 1.29 is 9.18 Å². The molecule has 0 saturated carbocycles. The minimum absolute atomic E-state index is 0.0711. The van der Waals surface area contributed by atoms with Crippen LogP contribution in [0, 0.1) is 5.82 Å². The summed E-state index contributed by atoms with van der Waals surface area (Å²) in [5.74, 6) is 0.352. The molecule has 0 radical (unpaired) electrons. The van der Waals surface area contributed by atoms with Crippen LogP contribution >= 0.6 is 11.8 Å². The lowest BCUT2D eigenvalue weighted by molar-refractivity contribution is -0.133. The average molecular weight is 505 g/mol. The molecular formula is C26H25FN6O2S. The highest BCUT2D eigenvalue weighted by atomic mass is 32.2. The number of carbonyl (C=O) groups excluding carboxylic acids is 1. The summed E-state index contributed by atoms with van der Waals surface area (Å²) in [6, 6.07) is 16.0. The molecule has 4 aromatic rings. The quantitative estimate of drug-likeness (QED) is 0.389. The first kappa shape index (κ1) is 22.9. The zero-order valence-corrected chi connectivity index (χ0v) is 20.4. The molecule has 2 aromatic carbocycles. The van der Waals surface area contributed by atoms with Crippen LogP contribution in [0.1, 0.15) is 18.0 Å². The highest BCUT2D eigenvalue weighted by Crippen LogP contribution is 2.34. The predicted molar refractivity (Wildman–Crippen MR) is 136 cm³/mol. The second-order valence-corrected chi connectivity index (χ2v) is 10.1. The third-order valence-electron chi connectivity index (χ3n) is 6.83. The number of hydrogen-bond acceptors (Lipinski definition) is 6. The smallest absolute Gasteiger partial charge is 0.265 e. The number of fused-ring (bicyclic) bond motifs is 2. The molecule has 0 bridgehead atoms. The first-order chi connectivity index (χ1) is 17.6. The van der Waals surface area contributed by atoms with Crippen LogP contribution in [-0.2, 0) is 11.3 Å². The molecule has 2 aliphatic heterocycles. The van der Waals surface area contributed by atoms with Crippen molar-refractivity contribution in [1.29, 1.82) is 0 Å². The summed E-state index contributed by atoms with van der Waals surface area (Å²) in [7, 11) is 0. The van der Waals surface area contributed by atoms with Gasteiger partial charge in [-0.2, -0.15) is 5.10 Å². The van der Waals surface area contributed by atoms with Gasteiger partial charge in [-0.25, -0.2) is 14.1 Å². The van der Waals surface area contributed by atoms with Gasteiger partial charge < -0.3 is 4.90 Å². The van der Waals surface area contributed by atoms with Crippen LogP contribution in [0.3, 0.4) is 0 Å². The van der Waals surface area contributed by atoms with E-state index in [1.807, 2.05) is 23.1 Å². The lowest BCUT2D eigenvalue weighted by atomic mass is 10.1. The van der Waals surface area contributed by atoms with E-state index in [4.69, 9.17) is 4.98 Å².